The van der Waals surface area contributed by atoms with Gasteiger partial charge in [0, 0.05) is 35.1 Å². The minimum absolute atomic E-state index is 0.177. The van der Waals surface area contributed by atoms with E-state index in [1.165, 1.54) is 0 Å². The Labute approximate surface area is 134 Å². The Morgan fingerprint density at radius 1 is 1.23 bits per heavy atom. The average molecular weight is 317 g/mol. The summed E-state index contributed by atoms with van der Waals surface area (Å²) < 4.78 is 0. The molecule has 4 nitrogen and oxygen atoms in total. The van der Waals surface area contributed by atoms with E-state index in [2.05, 4.69) is 10.2 Å². The lowest BCUT2D eigenvalue weighted by Crippen LogP contribution is -2.21. The van der Waals surface area contributed by atoms with Gasteiger partial charge in [-0.2, -0.15) is 0 Å². The maximum atomic E-state index is 12.3. The summed E-state index contributed by atoms with van der Waals surface area (Å²) in [4.78, 5) is 14.4. The summed E-state index contributed by atoms with van der Waals surface area (Å²) in [5.74, 6) is -0.177. The summed E-state index contributed by atoms with van der Waals surface area (Å²) in [5, 5.41) is 13.0. The number of benzene rings is 2. The van der Waals surface area contributed by atoms with Gasteiger partial charge in [-0.1, -0.05) is 23.7 Å². The van der Waals surface area contributed by atoms with Crippen LogP contribution in [-0.2, 0) is 0 Å². The van der Waals surface area contributed by atoms with E-state index in [1.807, 2.05) is 18.2 Å². The molecule has 1 unspecified atom stereocenters. The second kappa shape index (κ2) is 6.38. The molecule has 1 aliphatic heterocycles. The van der Waals surface area contributed by atoms with Crippen LogP contribution >= 0.6 is 11.6 Å². The molecule has 0 bridgehead atoms. The topological polar surface area (TPSA) is 52.6 Å². The van der Waals surface area contributed by atoms with Crippen LogP contribution in [0.4, 0.5) is 11.4 Å². The van der Waals surface area contributed by atoms with Gasteiger partial charge >= 0.3 is 0 Å². The number of β-amino-alcohol motifs (C(OH)–C–C–N with tert-alkyl or cyclic N) is 1. The van der Waals surface area contributed by atoms with E-state index in [0.717, 1.165) is 18.7 Å². The van der Waals surface area contributed by atoms with Gasteiger partial charge in [-0.3, -0.25) is 4.79 Å². The molecule has 0 spiro atoms. The first-order valence-corrected chi connectivity index (χ1v) is 7.59. The highest BCUT2D eigenvalue weighted by Crippen LogP contribution is 2.22. The summed E-state index contributed by atoms with van der Waals surface area (Å²) in [6.45, 7) is 1.42. The molecule has 1 amide bonds. The average Bonchev–Trinajstić information content (AvgIpc) is 2.94. The van der Waals surface area contributed by atoms with Gasteiger partial charge in [0.25, 0.3) is 5.91 Å². The number of nitrogens with zero attached hydrogens (tertiary/aromatic N) is 1. The van der Waals surface area contributed by atoms with E-state index in [1.54, 1.807) is 30.3 Å². The van der Waals surface area contributed by atoms with E-state index in [4.69, 9.17) is 11.6 Å². The Morgan fingerprint density at radius 3 is 2.77 bits per heavy atom. The van der Waals surface area contributed by atoms with Gasteiger partial charge in [0.2, 0.25) is 0 Å². The van der Waals surface area contributed by atoms with E-state index in [-0.39, 0.29) is 12.0 Å². The van der Waals surface area contributed by atoms with Gasteiger partial charge in [0.05, 0.1) is 6.10 Å². The van der Waals surface area contributed by atoms with Gasteiger partial charge in [-0.15, -0.1) is 0 Å². The second-order valence-electron chi connectivity index (χ2n) is 5.40. The maximum absolute atomic E-state index is 12.3. The van der Waals surface area contributed by atoms with Crippen LogP contribution < -0.4 is 10.2 Å². The zero-order valence-corrected chi connectivity index (χ0v) is 12.8. The molecule has 0 aliphatic carbocycles. The fraction of sp³-hybridized carbons (Fsp3) is 0.235. The quantitative estimate of drug-likeness (QED) is 0.914. The predicted molar refractivity (Wildman–Crippen MR) is 88.7 cm³/mol. The van der Waals surface area contributed by atoms with Crippen molar-refractivity contribution >= 4 is 28.9 Å². The minimum atomic E-state index is -0.288. The molecule has 0 saturated carbocycles. The molecule has 0 aromatic heterocycles. The first-order chi connectivity index (χ1) is 10.6. The van der Waals surface area contributed by atoms with Crippen molar-refractivity contribution in [2.45, 2.75) is 12.5 Å². The number of amides is 1. The summed E-state index contributed by atoms with van der Waals surface area (Å²) in [6, 6.07) is 14.5. The van der Waals surface area contributed by atoms with E-state index in [9.17, 15) is 9.90 Å². The fourth-order valence-electron chi connectivity index (χ4n) is 2.59. The molecule has 2 N–H and O–H groups in total. The molecule has 22 heavy (non-hydrogen) atoms. The van der Waals surface area contributed by atoms with Crippen molar-refractivity contribution in [3.63, 3.8) is 0 Å². The molecule has 3 rings (SSSR count). The first kappa shape index (κ1) is 14.9. The molecule has 0 radical (unpaired) electrons. The van der Waals surface area contributed by atoms with Crippen molar-refractivity contribution in [3.8, 4) is 0 Å². The van der Waals surface area contributed by atoms with E-state index < -0.39 is 0 Å². The molecule has 1 aliphatic rings. The van der Waals surface area contributed by atoms with Gasteiger partial charge < -0.3 is 15.3 Å². The highest BCUT2D eigenvalue weighted by Gasteiger charge is 2.21. The zero-order valence-electron chi connectivity index (χ0n) is 12.0. The number of hydrogen-bond acceptors (Lipinski definition) is 3. The van der Waals surface area contributed by atoms with Crippen LogP contribution in [-0.4, -0.2) is 30.2 Å². The molecule has 1 fully saturated rings. The van der Waals surface area contributed by atoms with Crippen LogP contribution in [0.3, 0.4) is 0 Å². The van der Waals surface area contributed by atoms with Crippen LogP contribution in [0.1, 0.15) is 16.8 Å². The highest BCUT2D eigenvalue weighted by molar-refractivity contribution is 6.30. The number of aliphatic hydroxyl groups is 1. The summed E-state index contributed by atoms with van der Waals surface area (Å²) in [5.41, 5.74) is 2.20. The molecule has 2 aromatic carbocycles. The third-order valence-corrected chi connectivity index (χ3v) is 3.95. The van der Waals surface area contributed by atoms with Crippen LogP contribution in [0.25, 0.3) is 0 Å². The van der Waals surface area contributed by atoms with Crippen molar-refractivity contribution in [1.29, 1.82) is 0 Å². The van der Waals surface area contributed by atoms with Crippen molar-refractivity contribution in [2.24, 2.45) is 0 Å². The lowest BCUT2D eigenvalue weighted by atomic mass is 10.1. The van der Waals surface area contributed by atoms with Crippen molar-refractivity contribution < 1.29 is 9.90 Å². The Balaban J connectivity index is 1.75. The molecule has 1 atom stereocenters. The summed E-state index contributed by atoms with van der Waals surface area (Å²) in [7, 11) is 0. The number of aliphatic hydroxyl groups excluding tert-OH is 1. The third kappa shape index (κ3) is 3.40. The number of halogens is 1. The molecule has 114 valence electrons. The van der Waals surface area contributed by atoms with E-state index >= 15 is 0 Å². The number of anilines is 2. The zero-order chi connectivity index (χ0) is 15.5. The van der Waals surface area contributed by atoms with Crippen molar-refractivity contribution in [1.82, 2.24) is 0 Å². The standard InChI is InChI=1S/C17H17ClN2O2/c18-13-4-2-5-14(10-13)19-17(22)12-3-1-6-15(9-12)20-8-7-16(21)11-20/h1-6,9-10,16,21H,7-8,11H2,(H,19,22). The number of rotatable bonds is 3. The molecule has 2 aromatic rings. The lowest BCUT2D eigenvalue weighted by Gasteiger charge is -2.18. The normalized spacial score (nSPS) is 17.5. The van der Waals surface area contributed by atoms with Gasteiger partial charge in [0.15, 0.2) is 0 Å². The third-order valence-electron chi connectivity index (χ3n) is 3.72. The molecular weight excluding hydrogens is 300 g/mol. The largest absolute Gasteiger partial charge is 0.391 e. The highest BCUT2D eigenvalue weighted by atomic mass is 35.5. The van der Waals surface area contributed by atoms with Crippen molar-refractivity contribution in [2.75, 3.05) is 23.3 Å². The summed E-state index contributed by atoms with van der Waals surface area (Å²) in [6.07, 6.45) is 0.475. The summed E-state index contributed by atoms with van der Waals surface area (Å²) >= 11 is 5.92. The SMILES string of the molecule is O=C(Nc1cccc(Cl)c1)c1cccc(N2CCC(O)C2)c1. The van der Waals surface area contributed by atoms with Gasteiger partial charge in [0.1, 0.15) is 0 Å². The second-order valence-corrected chi connectivity index (χ2v) is 5.84. The van der Waals surface area contributed by atoms with Crippen LogP contribution in [0, 0.1) is 0 Å². The fourth-order valence-corrected chi connectivity index (χ4v) is 2.78. The Hall–Kier alpha value is -2.04. The predicted octanol–water partition coefficient (Wildman–Crippen LogP) is 3.16. The smallest absolute Gasteiger partial charge is 0.255 e. The van der Waals surface area contributed by atoms with Gasteiger partial charge in [-0.25, -0.2) is 0 Å². The monoisotopic (exact) mass is 316 g/mol. The lowest BCUT2D eigenvalue weighted by molar-refractivity contribution is 0.102. The minimum Gasteiger partial charge on any atom is -0.391 e. The maximum Gasteiger partial charge on any atom is 0.255 e. The molecule has 1 heterocycles. The number of carbonyl (C=O) groups excluding carboxylic acids is 1. The van der Waals surface area contributed by atoms with Crippen LogP contribution in [0.15, 0.2) is 48.5 Å². The Morgan fingerprint density at radius 2 is 2.05 bits per heavy atom. The molecule has 5 heteroatoms. The number of carbonyl (C=O) groups is 1. The van der Waals surface area contributed by atoms with Crippen molar-refractivity contribution in [3.05, 3.63) is 59.1 Å². The Bertz CT molecular complexity index is 690. The van der Waals surface area contributed by atoms with Crippen LogP contribution in [0.2, 0.25) is 5.02 Å². The first-order valence-electron chi connectivity index (χ1n) is 7.22. The molecular formula is C17H17ClN2O2. The number of hydrogen-bond donors (Lipinski definition) is 2. The molecule has 1 saturated heterocycles. The van der Waals surface area contributed by atoms with E-state index in [0.29, 0.717) is 22.8 Å². The van der Waals surface area contributed by atoms with Gasteiger partial charge in [-0.05, 0) is 42.8 Å². The Kier molecular flexibility index (Phi) is 4.32. The van der Waals surface area contributed by atoms with Crippen LogP contribution in [0.5, 0.6) is 0 Å². The number of nitrogens with one attached hydrogen (secondary N) is 1.